The number of ether oxygens (including phenoxy) is 1. The van der Waals surface area contributed by atoms with Crippen molar-refractivity contribution in [3.63, 3.8) is 0 Å². The fourth-order valence-electron chi connectivity index (χ4n) is 4.43. The van der Waals surface area contributed by atoms with Gasteiger partial charge in [0.15, 0.2) is 0 Å². The molecule has 5 rings (SSSR count). The first kappa shape index (κ1) is 22.0. The summed E-state index contributed by atoms with van der Waals surface area (Å²) in [5.74, 6) is 0.678. The van der Waals surface area contributed by atoms with Crippen LogP contribution >= 0.6 is 7.60 Å². The van der Waals surface area contributed by atoms with E-state index in [1.165, 1.54) is 6.26 Å². The number of rotatable bonds is 4. The van der Waals surface area contributed by atoms with Crippen LogP contribution in [0, 0.1) is 5.41 Å². The number of benzene rings is 2. The highest BCUT2D eigenvalue weighted by atomic mass is 31.2. The summed E-state index contributed by atoms with van der Waals surface area (Å²) in [7, 11) is -0.253. The van der Waals surface area contributed by atoms with E-state index < -0.39 is 18.9 Å². The summed E-state index contributed by atoms with van der Waals surface area (Å²) in [6, 6.07) is 15.0. The second-order valence-corrected chi connectivity index (χ2v) is 11.3. The van der Waals surface area contributed by atoms with Crippen LogP contribution in [0.2, 0.25) is 0 Å². The van der Waals surface area contributed by atoms with E-state index in [4.69, 9.17) is 18.2 Å². The Morgan fingerprint density at radius 2 is 1.73 bits per heavy atom. The van der Waals surface area contributed by atoms with Crippen LogP contribution in [0.4, 0.5) is 0 Å². The van der Waals surface area contributed by atoms with Crippen LogP contribution in [0.1, 0.15) is 30.6 Å². The van der Waals surface area contributed by atoms with Crippen molar-refractivity contribution in [1.29, 1.82) is 0 Å². The lowest BCUT2D eigenvalue weighted by Gasteiger charge is -2.37. The highest BCUT2D eigenvalue weighted by molar-refractivity contribution is 7.54. The molecule has 172 valence electrons. The maximum atomic E-state index is 14.2. The molecule has 1 aliphatic rings. The molecule has 0 N–H and O–H groups in total. The zero-order valence-electron chi connectivity index (χ0n) is 19.0. The van der Waals surface area contributed by atoms with Gasteiger partial charge in [0.25, 0.3) is 0 Å². The van der Waals surface area contributed by atoms with Gasteiger partial charge in [-0.15, -0.1) is 0 Å². The number of methoxy groups -OCH3 is 1. The second-order valence-electron chi connectivity index (χ2n) is 9.20. The van der Waals surface area contributed by atoms with Crippen LogP contribution in [0.25, 0.3) is 21.8 Å². The molecule has 7 nitrogen and oxygen atoms in total. The third kappa shape index (κ3) is 3.61. The standard InChI is InChI=1S/C25H26NO6P/c1-25(2)14-31-33(28,32-15-25)23(16-9-11-17(29-4)12-10-16)19-13-30-24(27)22-21(19)18-7-5-6-8-20(18)26(22)3/h5-13,23H,14-15H2,1-4H3. The third-order valence-corrected chi connectivity index (χ3v) is 8.38. The van der Waals surface area contributed by atoms with Crippen LogP contribution in [-0.4, -0.2) is 24.9 Å². The largest absolute Gasteiger partial charge is 0.497 e. The second kappa shape index (κ2) is 7.87. The highest BCUT2D eigenvalue weighted by Crippen LogP contribution is 2.67. The molecule has 3 heterocycles. The molecule has 0 aliphatic carbocycles. The minimum atomic E-state index is -3.67. The van der Waals surface area contributed by atoms with Crippen molar-refractivity contribution in [2.75, 3.05) is 20.3 Å². The molecule has 1 fully saturated rings. The summed E-state index contributed by atoms with van der Waals surface area (Å²) in [6.45, 7) is 4.60. The van der Waals surface area contributed by atoms with Gasteiger partial charge >= 0.3 is 13.2 Å². The molecule has 2 aromatic heterocycles. The predicted octanol–water partition coefficient (Wildman–Crippen LogP) is 5.65. The fourth-order valence-corrected chi connectivity index (χ4v) is 6.93. The van der Waals surface area contributed by atoms with Crippen molar-refractivity contribution in [2.24, 2.45) is 12.5 Å². The quantitative estimate of drug-likeness (QED) is 0.361. The minimum Gasteiger partial charge on any atom is -0.497 e. The van der Waals surface area contributed by atoms with E-state index in [0.717, 1.165) is 16.5 Å². The number of aromatic nitrogens is 1. The molecule has 0 spiro atoms. The Bertz CT molecular complexity index is 1440. The molecule has 33 heavy (non-hydrogen) atoms. The highest BCUT2D eigenvalue weighted by Gasteiger charge is 2.46. The van der Waals surface area contributed by atoms with Crippen LogP contribution < -0.4 is 10.4 Å². The van der Waals surface area contributed by atoms with E-state index >= 15 is 0 Å². The molecule has 0 amide bonds. The van der Waals surface area contributed by atoms with Gasteiger partial charge in [-0.1, -0.05) is 44.2 Å². The van der Waals surface area contributed by atoms with Gasteiger partial charge < -0.3 is 22.8 Å². The fraction of sp³-hybridized carbons (Fsp3) is 0.320. The van der Waals surface area contributed by atoms with Gasteiger partial charge in [0, 0.05) is 34.3 Å². The Kier molecular flexibility index (Phi) is 5.24. The van der Waals surface area contributed by atoms with E-state index in [1.54, 1.807) is 7.11 Å². The zero-order valence-corrected chi connectivity index (χ0v) is 19.9. The van der Waals surface area contributed by atoms with Crippen molar-refractivity contribution in [1.82, 2.24) is 4.57 Å². The Hall–Kier alpha value is -2.86. The first-order valence-corrected chi connectivity index (χ1v) is 12.4. The van der Waals surface area contributed by atoms with E-state index in [-0.39, 0.29) is 5.41 Å². The number of hydrogen-bond acceptors (Lipinski definition) is 6. The first-order valence-electron chi connectivity index (χ1n) is 10.8. The lowest BCUT2D eigenvalue weighted by Crippen LogP contribution is -2.31. The smallest absolute Gasteiger partial charge is 0.360 e. The Balaban J connectivity index is 1.81. The first-order chi connectivity index (χ1) is 15.7. The number of nitrogens with zero attached hydrogens (tertiary/aromatic N) is 1. The molecule has 1 atom stereocenters. The van der Waals surface area contributed by atoms with Crippen molar-refractivity contribution in [3.05, 3.63) is 76.3 Å². The summed E-state index contributed by atoms with van der Waals surface area (Å²) >= 11 is 0. The molecule has 1 aliphatic heterocycles. The van der Waals surface area contributed by atoms with Gasteiger partial charge in [-0.3, -0.25) is 4.57 Å². The molecule has 2 aromatic carbocycles. The van der Waals surface area contributed by atoms with E-state index in [9.17, 15) is 9.36 Å². The summed E-state index contributed by atoms with van der Waals surface area (Å²) < 4.78 is 38.8. The maximum absolute atomic E-state index is 14.2. The Morgan fingerprint density at radius 3 is 2.39 bits per heavy atom. The maximum Gasteiger partial charge on any atom is 0.360 e. The third-order valence-electron chi connectivity index (χ3n) is 6.19. The van der Waals surface area contributed by atoms with Crippen LogP contribution in [-0.2, 0) is 20.7 Å². The van der Waals surface area contributed by atoms with Gasteiger partial charge in [-0.05, 0) is 23.8 Å². The Labute approximate surface area is 191 Å². The predicted molar refractivity (Wildman–Crippen MR) is 127 cm³/mol. The van der Waals surface area contributed by atoms with Crippen molar-refractivity contribution < 1.29 is 22.8 Å². The number of hydrogen-bond donors (Lipinski definition) is 0. The summed E-state index contributed by atoms with van der Waals surface area (Å²) in [5.41, 5.74) is 1.12. The van der Waals surface area contributed by atoms with Gasteiger partial charge in [-0.2, -0.15) is 0 Å². The molecule has 0 bridgehead atoms. The number of fused-ring (bicyclic) bond motifs is 3. The van der Waals surface area contributed by atoms with E-state index in [0.29, 0.717) is 35.4 Å². The van der Waals surface area contributed by atoms with E-state index in [1.807, 2.05) is 74.0 Å². The molecule has 4 aromatic rings. The van der Waals surface area contributed by atoms with Gasteiger partial charge in [0.05, 0.1) is 20.3 Å². The minimum absolute atomic E-state index is 0.254. The van der Waals surface area contributed by atoms with Crippen molar-refractivity contribution in [2.45, 2.75) is 19.5 Å². The average Bonchev–Trinajstić information content (AvgIpc) is 3.12. The normalized spacial score (nSPS) is 18.4. The molecule has 8 heteroatoms. The van der Waals surface area contributed by atoms with Gasteiger partial charge in [0.2, 0.25) is 0 Å². The lowest BCUT2D eigenvalue weighted by atomic mass is 9.97. The summed E-state index contributed by atoms with van der Waals surface area (Å²) in [5, 5.41) is 1.57. The van der Waals surface area contributed by atoms with Gasteiger partial charge in [0.1, 0.15) is 23.2 Å². The monoisotopic (exact) mass is 467 g/mol. The van der Waals surface area contributed by atoms with Crippen LogP contribution in [0.15, 0.2) is 64.0 Å². The number of para-hydroxylation sites is 1. The Morgan fingerprint density at radius 1 is 1.06 bits per heavy atom. The van der Waals surface area contributed by atoms with Crippen LogP contribution in [0.3, 0.4) is 0 Å². The van der Waals surface area contributed by atoms with Gasteiger partial charge in [-0.25, -0.2) is 4.79 Å². The number of aryl methyl sites for hydroxylation is 1. The SMILES string of the molecule is COc1ccc(C(c2coc(=O)c3c2c2ccccc2n3C)P2(=O)OCC(C)(C)CO2)cc1. The molecule has 0 radical (unpaired) electrons. The van der Waals surface area contributed by atoms with Crippen molar-refractivity contribution >= 4 is 29.4 Å². The molecule has 1 unspecified atom stereocenters. The lowest BCUT2D eigenvalue weighted by molar-refractivity contribution is 0.0391. The zero-order chi connectivity index (χ0) is 23.4. The van der Waals surface area contributed by atoms with Crippen LogP contribution in [0.5, 0.6) is 5.75 Å². The summed E-state index contributed by atoms with van der Waals surface area (Å²) in [6.07, 6.45) is 1.40. The van der Waals surface area contributed by atoms with E-state index in [2.05, 4.69) is 0 Å². The molecular formula is C25H26NO6P. The molecular weight excluding hydrogens is 441 g/mol. The molecule has 1 saturated heterocycles. The molecule has 0 saturated carbocycles. The van der Waals surface area contributed by atoms with Crippen molar-refractivity contribution in [3.8, 4) is 5.75 Å². The topological polar surface area (TPSA) is 79.9 Å². The average molecular weight is 467 g/mol. The summed E-state index contributed by atoms with van der Waals surface area (Å²) in [4.78, 5) is 12.8.